The van der Waals surface area contributed by atoms with Crippen LogP contribution in [0.4, 0.5) is 5.69 Å². The minimum atomic E-state index is -0.387. The second-order valence-electron chi connectivity index (χ2n) is 4.75. The molecule has 0 amide bonds. The standard InChI is InChI=1S/C13H18N2O3/c1-10-4-5-13(12(7-10)15(16)17)18-9-11-3-2-6-14-8-11/h4-5,7,11,14H,2-3,6,8-9H2,1H3/t11-/m1/s1. The van der Waals surface area contributed by atoms with Gasteiger partial charge in [0, 0.05) is 18.5 Å². The number of ether oxygens (including phenoxy) is 1. The average molecular weight is 250 g/mol. The number of rotatable bonds is 4. The van der Waals surface area contributed by atoms with E-state index in [0.29, 0.717) is 18.3 Å². The van der Waals surface area contributed by atoms with Crippen molar-refractivity contribution < 1.29 is 9.66 Å². The van der Waals surface area contributed by atoms with Crippen LogP contribution in [-0.4, -0.2) is 24.6 Å². The molecule has 1 saturated heterocycles. The number of benzene rings is 1. The Morgan fingerprint density at radius 2 is 2.39 bits per heavy atom. The number of nitro groups is 1. The van der Waals surface area contributed by atoms with Crippen molar-refractivity contribution in [3.8, 4) is 5.75 Å². The maximum absolute atomic E-state index is 10.9. The van der Waals surface area contributed by atoms with Crippen molar-refractivity contribution in [1.82, 2.24) is 5.32 Å². The summed E-state index contributed by atoms with van der Waals surface area (Å²) in [4.78, 5) is 10.6. The molecule has 5 nitrogen and oxygen atoms in total. The molecule has 0 aliphatic carbocycles. The van der Waals surface area contributed by atoms with E-state index in [9.17, 15) is 10.1 Å². The smallest absolute Gasteiger partial charge is 0.311 e. The molecule has 0 bridgehead atoms. The van der Waals surface area contributed by atoms with Gasteiger partial charge in [0.1, 0.15) is 0 Å². The molecule has 1 N–H and O–H groups in total. The molecule has 1 aliphatic heterocycles. The number of hydrogen-bond acceptors (Lipinski definition) is 4. The van der Waals surface area contributed by atoms with Crippen molar-refractivity contribution in [3.63, 3.8) is 0 Å². The normalized spacial score (nSPS) is 19.5. The summed E-state index contributed by atoms with van der Waals surface area (Å²) in [5, 5.41) is 14.2. The molecule has 0 saturated carbocycles. The van der Waals surface area contributed by atoms with Gasteiger partial charge in [-0.3, -0.25) is 10.1 Å². The van der Waals surface area contributed by atoms with Crippen molar-refractivity contribution in [2.24, 2.45) is 5.92 Å². The Kier molecular flexibility index (Phi) is 4.15. The zero-order valence-electron chi connectivity index (χ0n) is 10.5. The SMILES string of the molecule is Cc1ccc(OC[C@@H]2CCCNC2)c([N+](=O)[O-])c1. The molecule has 1 atom stereocenters. The first kappa shape index (κ1) is 12.8. The molecule has 2 rings (SSSR count). The number of nitrogens with one attached hydrogen (secondary N) is 1. The third-order valence-electron chi connectivity index (χ3n) is 3.18. The van der Waals surface area contributed by atoms with Crippen LogP contribution < -0.4 is 10.1 Å². The Morgan fingerprint density at radius 3 is 3.06 bits per heavy atom. The molecular weight excluding hydrogens is 232 g/mol. The van der Waals surface area contributed by atoms with Crippen LogP contribution in [0.5, 0.6) is 5.75 Å². The molecule has 0 radical (unpaired) electrons. The van der Waals surface area contributed by atoms with E-state index in [-0.39, 0.29) is 10.6 Å². The van der Waals surface area contributed by atoms with E-state index >= 15 is 0 Å². The molecule has 1 heterocycles. The highest BCUT2D eigenvalue weighted by Gasteiger charge is 2.18. The van der Waals surface area contributed by atoms with Gasteiger partial charge in [-0.1, -0.05) is 6.07 Å². The monoisotopic (exact) mass is 250 g/mol. The molecule has 5 heteroatoms. The van der Waals surface area contributed by atoms with E-state index in [1.54, 1.807) is 12.1 Å². The van der Waals surface area contributed by atoms with Gasteiger partial charge in [-0.05, 0) is 37.9 Å². The topological polar surface area (TPSA) is 64.4 Å². The summed E-state index contributed by atoms with van der Waals surface area (Å²) in [6.07, 6.45) is 2.26. The maximum Gasteiger partial charge on any atom is 0.311 e. The van der Waals surface area contributed by atoms with Crippen molar-refractivity contribution in [2.45, 2.75) is 19.8 Å². The van der Waals surface area contributed by atoms with Crippen LogP contribution in [0.2, 0.25) is 0 Å². The predicted octanol–water partition coefficient (Wildman–Crippen LogP) is 2.28. The first-order chi connectivity index (χ1) is 8.66. The number of nitrogens with zero attached hydrogens (tertiary/aromatic N) is 1. The van der Waals surface area contributed by atoms with Crippen molar-refractivity contribution in [2.75, 3.05) is 19.7 Å². The predicted molar refractivity (Wildman–Crippen MR) is 68.9 cm³/mol. The lowest BCUT2D eigenvalue weighted by atomic mass is 10.0. The van der Waals surface area contributed by atoms with Crippen LogP contribution in [0.15, 0.2) is 18.2 Å². The minimum Gasteiger partial charge on any atom is -0.486 e. The summed E-state index contributed by atoms with van der Waals surface area (Å²) >= 11 is 0. The van der Waals surface area contributed by atoms with Crippen molar-refractivity contribution >= 4 is 5.69 Å². The lowest BCUT2D eigenvalue weighted by Crippen LogP contribution is -2.33. The van der Waals surface area contributed by atoms with E-state index < -0.39 is 0 Å². The van der Waals surface area contributed by atoms with E-state index in [2.05, 4.69) is 5.32 Å². The van der Waals surface area contributed by atoms with Gasteiger partial charge in [0.25, 0.3) is 0 Å². The second kappa shape index (κ2) is 5.82. The third kappa shape index (κ3) is 3.20. The van der Waals surface area contributed by atoms with Gasteiger partial charge in [-0.25, -0.2) is 0 Å². The number of nitro benzene ring substituents is 1. The van der Waals surface area contributed by atoms with Crippen LogP contribution in [0.25, 0.3) is 0 Å². The Hall–Kier alpha value is -1.62. The third-order valence-corrected chi connectivity index (χ3v) is 3.18. The van der Waals surface area contributed by atoms with Gasteiger partial charge >= 0.3 is 5.69 Å². The molecule has 1 aromatic rings. The van der Waals surface area contributed by atoms with Crippen LogP contribution in [-0.2, 0) is 0 Å². The fraction of sp³-hybridized carbons (Fsp3) is 0.538. The van der Waals surface area contributed by atoms with Gasteiger partial charge in [0.05, 0.1) is 11.5 Å². The van der Waals surface area contributed by atoms with Gasteiger partial charge in [-0.2, -0.15) is 0 Å². The Morgan fingerprint density at radius 1 is 1.56 bits per heavy atom. The Balaban J connectivity index is 2.01. The molecule has 1 aliphatic rings. The summed E-state index contributed by atoms with van der Waals surface area (Å²) in [6, 6.07) is 5.07. The van der Waals surface area contributed by atoms with Gasteiger partial charge in [0.2, 0.25) is 0 Å². The summed E-state index contributed by atoms with van der Waals surface area (Å²) in [5.74, 6) is 0.816. The van der Waals surface area contributed by atoms with Gasteiger partial charge in [-0.15, -0.1) is 0 Å². The van der Waals surface area contributed by atoms with Crippen molar-refractivity contribution in [3.05, 3.63) is 33.9 Å². The molecule has 1 fully saturated rings. The largest absolute Gasteiger partial charge is 0.486 e. The van der Waals surface area contributed by atoms with E-state index in [1.807, 2.05) is 13.0 Å². The first-order valence-electron chi connectivity index (χ1n) is 6.25. The number of piperidine rings is 1. The molecular formula is C13H18N2O3. The lowest BCUT2D eigenvalue weighted by molar-refractivity contribution is -0.386. The quantitative estimate of drug-likeness (QED) is 0.657. The molecule has 0 unspecified atom stereocenters. The first-order valence-corrected chi connectivity index (χ1v) is 6.25. The summed E-state index contributed by atoms with van der Waals surface area (Å²) < 4.78 is 5.61. The fourth-order valence-electron chi connectivity index (χ4n) is 2.17. The molecule has 18 heavy (non-hydrogen) atoms. The van der Waals surface area contributed by atoms with Gasteiger partial charge < -0.3 is 10.1 Å². The average Bonchev–Trinajstić information content (AvgIpc) is 2.38. The maximum atomic E-state index is 10.9. The molecule has 98 valence electrons. The molecule has 1 aromatic carbocycles. The van der Waals surface area contributed by atoms with Crippen molar-refractivity contribution in [1.29, 1.82) is 0 Å². The van der Waals surface area contributed by atoms with Crippen LogP contribution in [0.1, 0.15) is 18.4 Å². The summed E-state index contributed by atoms with van der Waals surface area (Å²) in [6.45, 7) is 4.36. The highest BCUT2D eigenvalue weighted by atomic mass is 16.6. The van der Waals surface area contributed by atoms with E-state index in [0.717, 1.165) is 31.5 Å². The number of aryl methyl sites for hydroxylation is 1. The van der Waals surface area contributed by atoms with Gasteiger partial charge in [0.15, 0.2) is 5.75 Å². The number of hydrogen-bond donors (Lipinski definition) is 1. The Bertz CT molecular complexity index is 428. The molecule has 0 spiro atoms. The Labute approximate surface area is 106 Å². The van der Waals surface area contributed by atoms with E-state index in [4.69, 9.17) is 4.74 Å². The second-order valence-corrected chi connectivity index (χ2v) is 4.75. The van der Waals surface area contributed by atoms with E-state index in [1.165, 1.54) is 0 Å². The zero-order valence-corrected chi connectivity index (χ0v) is 10.5. The molecule has 0 aromatic heterocycles. The minimum absolute atomic E-state index is 0.0544. The van der Waals surface area contributed by atoms with Crippen LogP contribution in [0.3, 0.4) is 0 Å². The van der Waals surface area contributed by atoms with Crippen LogP contribution in [0, 0.1) is 23.0 Å². The summed E-state index contributed by atoms with van der Waals surface area (Å²) in [7, 11) is 0. The zero-order chi connectivity index (χ0) is 13.0. The lowest BCUT2D eigenvalue weighted by Gasteiger charge is -2.22. The summed E-state index contributed by atoms with van der Waals surface area (Å²) in [5.41, 5.74) is 0.923. The van der Waals surface area contributed by atoms with Crippen LogP contribution >= 0.6 is 0 Å². The highest BCUT2D eigenvalue weighted by Crippen LogP contribution is 2.28. The fourth-order valence-corrected chi connectivity index (χ4v) is 2.17. The highest BCUT2D eigenvalue weighted by molar-refractivity contribution is 5.48.